The van der Waals surface area contributed by atoms with Crippen LogP contribution in [0.1, 0.15) is 33.1 Å². The van der Waals surface area contributed by atoms with Gasteiger partial charge in [-0.25, -0.2) is 4.79 Å². The maximum Gasteiger partial charge on any atom is 0.315 e. The molecule has 2 amide bonds. The van der Waals surface area contributed by atoms with Crippen LogP contribution in [0, 0.1) is 18.3 Å². The quantitative estimate of drug-likeness (QED) is 0.462. The predicted octanol–water partition coefficient (Wildman–Crippen LogP) is 1.20. The molecule has 0 radical (unpaired) electrons. The van der Waals surface area contributed by atoms with Crippen molar-refractivity contribution in [1.29, 1.82) is 0 Å². The number of terminal acetylenes is 1. The minimum absolute atomic E-state index is 0.0575. The first-order valence-corrected chi connectivity index (χ1v) is 5.68. The SMILES string of the molecule is C#CCC(C)NC(=O)NCCCC(C)C(=O)O. The molecule has 0 aromatic heterocycles. The maximum absolute atomic E-state index is 11.3. The van der Waals surface area contributed by atoms with Crippen LogP contribution in [-0.4, -0.2) is 29.7 Å². The minimum Gasteiger partial charge on any atom is -0.481 e. The number of hydrogen-bond acceptors (Lipinski definition) is 2. The van der Waals surface area contributed by atoms with Gasteiger partial charge in [0.2, 0.25) is 0 Å². The third kappa shape index (κ3) is 8.14. The van der Waals surface area contributed by atoms with Gasteiger partial charge in [-0.2, -0.15) is 0 Å². The number of rotatable bonds is 7. The second kappa shape index (κ2) is 8.45. The molecule has 2 atom stereocenters. The van der Waals surface area contributed by atoms with Crippen LogP contribution >= 0.6 is 0 Å². The van der Waals surface area contributed by atoms with Crippen LogP contribution in [0.5, 0.6) is 0 Å². The van der Waals surface area contributed by atoms with Gasteiger partial charge in [0.25, 0.3) is 0 Å². The lowest BCUT2D eigenvalue weighted by Gasteiger charge is -2.12. The molecule has 5 nitrogen and oxygen atoms in total. The van der Waals surface area contributed by atoms with Crippen LogP contribution in [0.2, 0.25) is 0 Å². The lowest BCUT2D eigenvalue weighted by Crippen LogP contribution is -2.41. The molecule has 0 aromatic carbocycles. The number of carbonyl (C=O) groups excluding carboxylic acids is 1. The van der Waals surface area contributed by atoms with E-state index in [-0.39, 0.29) is 18.0 Å². The van der Waals surface area contributed by atoms with E-state index in [2.05, 4.69) is 16.6 Å². The zero-order chi connectivity index (χ0) is 13.3. The number of carboxylic acids is 1. The molecule has 0 saturated carbocycles. The lowest BCUT2D eigenvalue weighted by atomic mass is 10.1. The molecule has 0 saturated heterocycles. The first-order valence-electron chi connectivity index (χ1n) is 5.68. The molecule has 2 unspecified atom stereocenters. The number of urea groups is 1. The fourth-order valence-corrected chi connectivity index (χ4v) is 1.24. The van der Waals surface area contributed by atoms with Crippen molar-refractivity contribution in [2.24, 2.45) is 5.92 Å². The van der Waals surface area contributed by atoms with Gasteiger partial charge in [-0.1, -0.05) is 6.92 Å². The van der Waals surface area contributed by atoms with Crippen molar-refractivity contribution in [1.82, 2.24) is 10.6 Å². The summed E-state index contributed by atoms with van der Waals surface area (Å²) in [6.07, 6.45) is 6.80. The molecule has 5 heteroatoms. The van der Waals surface area contributed by atoms with Gasteiger partial charge in [0.15, 0.2) is 0 Å². The zero-order valence-electron chi connectivity index (χ0n) is 10.3. The Labute approximate surface area is 102 Å². The fraction of sp³-hybridized carbons (Fsp3) is 0.667. The third-order valence-corrected chi connectivity index (χ3v) is 2.32. The van der Waals surface area contributed by atoms with Crippen molar-refractivity contribution in [3.05, 3.63) is 0 Å². The lowest BCUT2D eigenvalue weighted by molar-refractivity contribution is -0.141. The summed E-state index contributed by atoms with van der Waals surface area (Å²) in [4.78, 5) is 21.8. The van der Waals surface area contributed by atoms with E-state index >= 15 is 0 Å². The molecular formula is C12H20N2O3. The van der Waals surface area contributed by atoms with Crippen molar-refractivity contribution in [3.8, 4) is 12.3 Å². The highest BCUT2D eigenvalue weighted by Crippen LogP contribution is 2.03. The molecule has 0 aromatic rings. The molecule has 0 fully saturated rings. The molecule has 0 aliphatic heterocycles. The second-order valence-corrected chi connectivity index (χ2v) is 4.09. The van der Waals surface area contributed by atoms with Crippen molar-refractivity contribution in [2.45, 2.75) is 39.2 Å². The fourth-order valence-electron chi connectivity index (χ4n) is 1.24. The van der Waals surface area contributed by atoms with Crippen LogP contribution in [-0.2, 0) is 4.79 Å². The molecule has 0 aliphatic carbocycles. The number of carboxylic acid groups (broad SMARTS) is 1. The molecule has 96 valence electrons. The Morgan fingerprint density at radius 1 is 1.41 bits per heavy atom. The number of nitrogens with one attached hydrogen (secondary N) is 2. The molecule has 17 heavy (non-hydrogen) atoms. The van der Waals surface area contributed by atoms with E-state index in [1.807, 2.05) is 6.92 Å². The van der Waals surface area contributed by atoms with Crippen molar-refractivity contribution in [2.75, 3.05) is 6.54 Å². The van der Waals surface area contributed by atoms with E-state index in [4.69, 9.17) is 11.5 Å². The summed E-state index contributed by atoms with van der Waals surface area (Å²) < 4.78 is 0. The summed E-state index contributed by atoms with van der Waals surface area (Å²) in [5.74, 6) is 1.28. The summed E-state index contributed by atoms with van der Waals surface area (Å²) in [6.45, 7) is 3.94. The number of amides is 2. The van der Waals surface area contributed by atoms with Gasteiger partial charge in [0, 0.05) is 19.0 Å². The van der Waals surface area contributed by atoms with Gasteiger partial charge >= 0.3 is 12.0 Å². The van der Waals surface area contributed by atoms with E-state index < -0.39 is 5.97 Å². The standard InChI is InChI=1S/C12H20N2O3/c1-4-6-10(3)14-12(17)13-8-5-7-9(2)11(15)16/h1,9-10H,5-8H2,2-3H3,(H,15,16)(H2,13,14,17). The van der Waals surface area contributed by atoms with E-state index in [9.17, 15) is 9.59 Å². The summed E-state index contributed by atoms with van der Waals surface area (Å²) in [7, 11) is 0. The van der Waals surface area contributed by atoms with Crippen LogP contribution < -0.4 is 10.6 Å². The van der Waals surface area contributed by atoms with E-state index in [1.54, 1.807) is 6.92 Å². The Bertz CT molecular complexity index is 297. The van der Waals surface area contributed by atoms with E-state index in [0.29, 0.717) is 25.8 Å². The van der Waals surface area contributed by atoms with Crippen molar-refractivity contribution < 1.29 is 14.7 Å². The zero-order valence-corrected chi connectivity index (χ0v) is 10.3. The first-order chi connectivity index (χ1) is 7.97. The monoisotopic (exact) mass is 240 g/mol. The Morgan fingerprint density at radius 3 is 2.59 bits per heavy atom. The Hall–Kier alpha value is -1.70. The van der Waals surface area contributed by atoms with Gasteiger partial charge < -0.3 is 15.7 Å². The molecule has 0 heterocycles. The van der Waals surface area contributed by atoms with Crippen LogP contribution in [0.4, 0.5) is 4.79 Å². The number of aliphatic carboxylic acids is 1. The highest BCUT2D eigenvalue weighted by Gasteiger charge is 2.10. The van der Waals surface area contributed by atoms with Gasteiger partial charge in [0.1, 0.15) is 0 Å². The molecule has 3 N–H and O–H groups in total. The van der Waals surface area contributed by atoms with Crippen LogP contribution in [0.3, 0.4) is 0 Å². The predicted molar refractivity (Wildman–Crippen MR) is 65.5 cm³/mol. The summed E-state index contributed by atoms with van der Waals surface area (Å²) in [6, 6.07) is -0.325. The van der Waals surface area contributed by atoms with E-state index in [0.717, 1.165) is 0 Å². The molecule has 0 bridgehead atoms. The van der Waals surface area contributed by atoms with Gasteiger partial charge in [-0.3, -0.25) is 4.79 Å². The average Bonchev–Trinajstić information content (AvgIpc) is 2.24. The molecular weight excluding hydrogens is 220 g/mol. The highest BCUT2D eigenvalue weighted by atomic mass is 16.4. The largest absolute Gasteiger partial charge is 0.481 e. The minimum atomic E-state index is -0.808. The summed E-state index contributed by atoms with van der Waals surface area (Å²) in [5.41, 5.74) is 0. The number of carbonyl (C=O) groups is 2. The van der Waals surface area contributed by atoms with Crippen LogP contribution in [0.15, 0.2) is 0 Å². The summed E-state index contributed by atoms with van der Waals surface area (Å²) in [5, 5.41) is 14.0. The highest BCUT2D eigenvalue weighted by molar-refractivity contribution is 5.74. The Morgan fingerprint density at radius 2 is 2.06 bits per heavy atom. The van der Waals surface area contributed by atoms with Crippen molar-refractivity contribution >= 4 is 12.0 Å². The third-order valence-electron chi connectivity index (χ3n) is 2.32. The Kier molecular flexibility index (Phi) is 7.61. The Balaban J connectivity index is 3.59. The molecule has 0 spiro atoms. The second-order valence-electron chi connectivity index (χ2n) is 4.09. The van der Waals surface area contributed by atoms with Gasteiger partial charge in [-0.05, 0) is 19.8 Å². The van der Waals surface area contributed by atoms with E-state index in [1.165, 1.54) is 0 Å². The summed E-state index contributed by atoms with van der Waals surface area (Å²) >= 11 is 0. The van der Waals surface area contributed by atoms with Crippen LogP contribution in [0.25, 0.3) is 0 Å². The van der Waals surface area contributed by atoms with Gasteiger partial charge in [-0.15, -0.1) is 12.3 Å². The molecule has 0 rings (SSSR count). The number of hydrogen-bond donors (Lipinski definition) is 3. The molecule has 0 aliphatic rings. The maximum atomic E-state index is 11.3. The van der Waals surface area contributed by atoms with Gasteiger partial charge in [0.05, 0.1) is 5.92 Å². The normalized spacial score (nSPS) is 13.2. The topological polar surface area (TPSA) is 78.4 Å². The average molecular weight is 240 g/mol. The smallest absolute Gasteiger partial charge is 0.315 e. The van der Waals surface area contributed by atoms with Crippen molar-refractivity contribution in [3.63, 3.8) is 0 Å². The first kappa shape index (κ1) is 15.3.